The van der Waals surface area contributed by atoms with Crippen LogP contribution in [0.25, 0.3) is 0 Å². The summed E-state index contributed by atoms with van der Waals surface area (Å²) in [6.45, 7) is 3.50. The van der Waals surface area contributed by atoms with E-state index in [-0.39, 0.29) is 0 Å². The van der Waals surface area contributed by atoms with Crippen molar-refractivity contribution in [3.8, 4) is 0 Å². The first-order valence-electron chi connectivity index (χ1n) is 1.66. The van der Waals surface area contributed by atoms with Crippen LogP contribution in [0.2, 0.25) is 0 Å². The Morgan fingerprint density at radius 1 is 1.67 bits per heavy atom. The molecule has 0 radical (unpaired) electrons. The van der Waals surface area contributed by atoms with Crippen LogP contribution in [0.3, 0.4) is 0 Å². The first kappa shape index (κ1) is 6.71. The van der Waals surface area contributed by atoms with E-state index >= 15 is 0 Å². The number of hydrogen-bond donors (Lipinski definition) is 0. The monoisotopic (exact) mass is 170 g/mol. The average Bonchev–Trinajstić information content (AvgIpc) is 1.35. The predicted molar refractivity (Wildman–Crippen MR) is 33.2 cm³/mol. The molecule has 0 aliphatic heterocycles. The van der Waals surface area contributed by atoms with E-state index < -0.39 is 7.14 Å². The maximum absolute atomic E-state index is 10.5. The van der Waals surface area contributed by atoms with Gasteiger partial charge < -0.3 is 4.57 Å². The molecule has 0 rings (SSSR count). The Morgan fingerprint density at radius 3 is 1.83 bits per heavy atom. The molecule has 0 aliphatic rings. The minimum absolute atomic E-state index is 0.639. The normalized spacial score (nSPS) is 11.8. The van der Waals surface area contributed by atoms with Gasteiger partial charge in [-0.25, -0.2) is 0 Å². The van der Waals surface area contributed by atoms with Gasteiger partial charge in [0, 0.05) is 0 Å². The number of halogens is 1. The van der Waals surface area contributed by atoms with E-state index in [2.05, 4.69) is 15.9 Å². The fourth-order valence-corrected chi connectivity index (χ4v) is 0. The molecular formula is C3H8BrOP. The van der Waals surface area contributed by atoms with Gasteiger partial charge in [0.15, 0.2) is 0 Å². The summed E-state index contributed by atoms with van der Waals surface area (Å²) in [7, 11) is -1.73. The average molecular weight is 171 g/mol. The van der Waals surface area contributed by atoms with Crippen LogP contribution in [-0.4, -0.2) is 18.4 Å². The molecule has 0 unspecified atom stereocenters. The highest BCUT2D eigenvalue weighted by Gasteiger charge is 2.00. The van der Waals surface area contributed by atoms with E-state index in [1.165, 1.54) is 0 Å². The van der Waals surface area contributed by atoms with Gasteiger partial charge in [-0.15, -0.1) is 0 Å². The Hall–Kier alpha value is 0.710. The minimum Gasteiger partial charge on any atom is -0.323 e. The molecule has 0 saturated heterocycles. The lowest BCUT2D eigenvalue weighted by molar-refractivity contribution is 0.585. The molecule has 0 aromatic heterocycles. The van der Waals surface area contributed by atoms with Crippen LogP contribution >= 0.6 is 23.1 Å². The van der Waals surface area contributed by atoms with Crippen molar-refractivity contribution in [2.45, 2.75) is 0 Å². The molecule has 6 heavy (non-hydrogen) atoms. The summed E-state index contributed by atoms with van der Waals surface area (Å²) in [5, 5.41) is 0.639. The van der Waals surface area contributed by atoms with E-state index in [1.807, 2.05) is 0 Å². The lowest BCUT2D eigenvalue weighted by atomic mass is 11.8. The summed E-state index contributed by atoms with van der Waals surface area (Å²) in [4.78, 5) is 0. The van der Waals surface area contributed by atoms with Crippen LogP contribution in [0.15, 0.2) is 0 Å². The van der Waals surface area contributed by atoms with Crippen LogP contribution in [0.5, 0.6) is 0 Å². The molecule has 0 fully saturated rings. The maximum Gasteiger partial charge on any atom is 0.0919 e. The van der Waals surface area contributed by atoms with Gasteiger partial charge in [-0.2, -0.15) is 0 Å². The third kappa shape index (κ3) is 4.71. The summed E-state index contributed by atoms with van der Waals surface area (Å²) < 4.78 is 10.5. The van der Waals surface area contributed by atoms with Gasteiger partial charge in [0.05, 0.1) is 12.2 Å². The Balaban J connectivity index is 3.48. The molecule has 0 amide bonds. The first-order valence-corrected chi connectivity index (χ1v) is 5.57. The van der Waals surface area contributed by atoms with Crippen LogP contribution in [-0.2, 0) is 4.57 Å². The van der Waals surface area contributed by atoms with E-state index in [0.717, 1.165) is 0 Å². The summed E-state index contributed by atoms with van der Waals surface area (Å²) >= 11 is 3.11. The van der Waals surface area contributed by atoms with Gasteiger partial charge in [0.2, 0.25) is 0 Å². The lowest BCUT2D eigenvalue weighted by Gasteiger charge is -1.94. The van der Waals surface area contributed by atoms with Gasteiger partial charge in [-0.1, -0.05) is 15.9 Å². The fourth-order valence-electron chi connectivity index (χ4n) is 0. The highest BCUT2D eigenvalue weighted by Crippen LogP contribution is 2.37. The number of alkyl halides is 1. The van der Waals surface area contributed by atoms with Crippen LogP contribution < -0.4 is 0 Å². The Bertz CT molecular complexity index is 74.9. The SMILES string of the molecule is CP(C)(=O)CBr. The third-order valence-corrected chi connectivity index (χ3v) is 4.49. The molecule has 3 heteroatoms. The largest absolute Gasteiger partial charge is 0.323 e. The second kappa shape index (κ2) is 2.13. The zero-order valence-corrected chi connectivity index (χ0v) is 6.42. The molecule has 0 aliphatic carbocycles. The van der Waals surface area contributed by atoms with Crippen molar-refractivity contribution < 1.29 is 4.57 Å². The summed E-state index contributed by atoms with van der Waals surface area (Å²) in [5.41, 5.74) is 0. The van der Waals surface area contributed by atoms with Crippen molar-refractivity contribution in [2.75, 3.05) is 18.4 Å². The Labute approximate surface area is 46.6 Å². The predicted octanol–water partition coefficient (Wildman–Crippen LogP) is 1.96. The van der Waals surface area contributed by atoms with E-state index in [4.69, 9.17) is 0 Å². The fraction of sp³-hybridized carbons (Fsp3) is 1.00. The number of rotatable bonds is 1. The van der Waals surface area contributed by atoms with Crippen molar-refractivity contribution >= 4 is 23.1 Å². The zero-order valence-electron chi connectivity index (χ0n) is 3.94. The second-order valence-corrected chi connectivity index (χ2v) is 6.58. The first-order chi connectivity index (χ1) is 2.56. The standard InChI is InChI=1S/C3H8BrOP/c1-6(2,5)3-4/h3H2,1-2H3. The van der Waals surface area contributed by atoms with Crippen molar-refractivity contribution in [3.63, 3.8) is 0 Å². The van der Waals surface area contributed by atoms with Gasteiger partial charge in [0.1, 0.15) is 0 Å². The molecule has 0 bridgehead atoms. The quantitative estimate of drug-likeness (QED) is 0.435. The van der Waals surface area contributed by atoms with E-state index in [0.29, 0.717) is 5.07 Å². The summed E-state index contributed by atoms with van der Waals surface area (Å²) in [5.74, 6) is 0. The Kier molecular flexibility index (Phi) is 2.38. The van der Waals surface area contributed by atoms with E-state index in [1.54, 1.807) is 13.3 Å². The molecule has 0 atom stereocenters. The summed E-state index contributed by atoms with van der Waals surface area (Å²) in [6, 6.07) is 0. The van der Waals surface area contributed by atoms with Crippen LogP contribution in [0.1, 0.15) is 0 Å². The zero-order chi connectivity index (χ0) is 5.21. The van der Waals surface area contributed by atoms with Crippen LogP contribution in [0, 0.1) is 0 Å². The topological polar surface area (TPSA) is 17.1 Å². The minimum atomic E-state index is -1.73. The van der Waals surface area contributed by atoms with Crippen molar-refractivity contribution in [1.82, 2.24) is 0 Å². The molecule has 0 aromatic rings. The Morgan fingerprint density at radius 2 is 1.83 bits per heavy atom. The third-order valence-electron chi connectivity index (χ3n) is 0.288. The molecule has 0 aromatic carbocycles. The van der Waals surface area contributed by atoms with Gasteiger partial charge in [-0.05, 0) is 13.3 Å². The second-order valence-electron chi connectivity index (χ2n) is 1.69. The maximum atomic E-state index is 10.5. The molecule has 0 heterocycles. The number of hydrogen-bond acceptors (Lipinski definition) is 1. The van der Waals surface area contributed by atoms with Gasteiger partial charge >= 0.3 is 0 Å². The van der Waals surface area contributed by atoms with Gasteiger partial charge in [0.25, 0.3) is 0 Å². The van der Waals surface area contributed by atoms with Crippen LogP contribution in [0.4, 0.5) is 0 Å². The summed E-state index contributed by atoms with van der Waals surface area (Å²) in [6.07, 6.45) is 0. The van der Waals surface area contributed by atoms with Crippen molar-refractivity contribution in [2.24, 2.45) is 0 Å². The molecule has 38 valence electrons. The smallest absolute Gasteiger partial charge is 0.0919 e. The highest BCUT2D eigenvalue weighted by molar-refractivity contribution is 9.10. The highest BCUT2D eigenvalue weighted by atomic mass is 79.9. The molecule has 0 spiro atoms. The van der Waals surface area contributed by atoms with Crippen molar-refractivity contribution in [1.29, 1.82) is 0 Å². The molecule has 1 nitrogen and oxygen atoms in total. The van der Waals surface area contributed by atoms with Gasteiger partial charge in [-0.3, -0.25) is 0 Å². The molecule has 0 N–H and O–H groups in total. The molecule has 0 saturated carbocycles. The lowest BCUT2D eigenvalue weighted by Crippen LogP contribution is -1.70. The van der Waals surface area contributed by atoms with Crippen molar-refractivity contribution in [3.05, 3.63) is 0 Å². The van der Waals surface area contributed by atoms with E-state index in [9.17, 15) is 4.57 Å². The molecular weight excluding hydrogens is 163 g/mol.